The van der Waals surface area contributed by atoms with Crippen LogP contribution in [0, 0.1) is 0 Å². The lowest BCUT2D eigenvalue weighted by Crippen LogP contribution is -2.48. The summed E-state index contributed by atoms with van der Waals surface area (Å²) < 4.78 is 5.87. The summed E-state index contributed by atoms with van der Waals surface area (Å²) in [6.07, 6.45) is 0. The fraction of sp³-hybridized carbons (Fsp3) is 0.278. The van der Waals surface area contributed by atoms with Crippen LogP contribution in [0.2, 0.25) is 0 Å². The summed E-state index contributed by atoms with van der Waals surface area (Å²) in [4.78, 5) is 16.5. The summed E-state index contributed by atoms with van der Waals surface area (Å²) >= 11 is 0. The van der Waals surface area contributed by atoms with Crippen LogP contribution in [0.5, 0.6) is 11.5 Å². The highest BCUT2D eigenvalue weighted by molar-refractivity contribution is 5.91. The minimum atomic E-state index is -0.0813. The number of anilines is 1. The summed E-state index contributed by atoms with van der Waals surface area (Å²) in [5, 5.41) is 2.96. The van der Waals surface area contributed by atoms with Crippen molar-refractivity contribution >= 4 is 11.7 Å². The molecule has 1 saturated heterocycles. The Labute approximate surface area is 136 Å². The van der Waals surface area contributed by atoms with Crippen molar-refractivity contribution in [1.82, 2.24) is 9.80 Å². The zero-order valence-corrected chi connectivity index (χ0v) is 13.2. The van der Waals surface area contributed by atoms with E-state index in [1.54, 1.807) is 0 Å². The second-order valence-electron chi connectivity index (χ2n) is 5.63. The number of carbonyl (C=O) groups excluding carboxylic acids is 1. The molecule has 1 aliphatic heterocycles. The molecular weight excluding hydrogens is 290 g/mol. The van der Waals surface area contributed by atoms with E-state index < -0.39 is 0 Å². The molecule has 2 aromatic carbocycles. The average molecular weight is 311 g/mol. The number of nitrogens with zero attached hydrogens (tertiary/aromatic N) is 2. The molecular formula is C18H21N3O2. The van der Waals surface area contributed by atoms with E-state index in [2.05, 4.69) is 17.3 Å². The van der Waals surface area contributed by atoms with Crippen molar-refractivity contribution in [1.29, 1.82) is 0 Å². The van der Waals surface area contributed by atoms with Crippen LogP contribution >= 0.6 is 0 Å². The van der Waals surface area contributed by atoms with Gasteiger partial charge in [-0.25, -0.2) is 4.79 Å². The third kappa shape index (κ3) is 4.02. The van der Waals surface area contributed by atoms with Crippen LogP contribution < -0.4 is 10.1 Å². The number of urea groups is 1. The van der Waals surface area contributed by atoms with Gasteiger partial charge in [0, 0.05) is 26.2 Å². The first-order valence-corrected chi connectivity index (χ1v) is 7.79. The largest absolute Gasteiger partial charge is 0.455 e. The Bertz CT molecular complexity index is 652. The summed E-state index contributed by atoms with van der Waals surface area (Å²) in [7, 11) is 2.07. The molecule has 0 atom stereocenters. The molecule has 1 heterocycles. The second-order valence-corrected chi connectivity index (χ2v) is 5.63. The molecule has 0 bridgehead atoms. The van der Waals surface area contributed by atoms with Crippen LogP contribution in [-0.4, -0.2) is 49.1 Å². The van der Waals surface area contributed by atoms with Gasteiger partial charge in [-0.15, -0.1) is 0 Å². The van der Waals surface area contributed by atoms with E-state index in [0.717, 1.165) is 31.9 Å². The van der Waals surface area contributed by atoms with Gasteiger partial charge in [-0.2, -0.15) is 0 Å². The zero-order chi connectivity index (χ0) is 16.1. The highest BCUT2D eigenvalue weighted by atomic mass is 16.5. The molecule has 0 unspecified atom stereocenters. The van der Waals surface area contributed by atoms with Crippen LogP contribution in [-0.2, 0) is 0 Å². The van der Waals surface area contributed by atoms with Gasteiger partial charge in [-0.05, 0) is 31.3 Å². The van der Waals surface area contributed by atoms with E-state index in [1.165, 1.54) is 0 Å². The van der Waals surface area contributed by atoms with E-state index in [-0.39, 0.29) is 6.03 Å². The smallest absolute Gasteiger partial charge is 0.322 e. The fourth-order valence-corrected chi connectivity index (χ4v) is 2.48. The number of hydrogen-bond donors (Lipinski definition) is 1. The number of carbonyl (C=O) groups is 1. The van der Waals surface area contributed by atoms with Crippen molar-refractivity contribution in [3.8, 4) is 11.5 Å². The number of benzene rings is 2. The normalized spacial score (nSPS) is 15.3. The van der Waals surface area contributed by atoms with E-state index in [1.807, 2.05) is 59.5 Å². The van der Waals surface area contributed by atoms with Gasteiger partial charge in [0.2, 0.25) is 0 Å². The molecule has 0 aliphatic carbocycles. The van der Waals surface area contributed by atoms with Crippen LogP contribution in [0.15, 0.2) is 54.6 Å². The van der Waals surface area contributed by atoms with E-state index >= 15 is 0 Å². The van der Waals surface area contributed by atoms with Crippen molar-refractivity contribution in [2.24, 2.45) is 0 Å². The van der Waals surface area contributed by atoms with Gasteiger partial charge in [-0.3, -0.25) is 0 Å². The summed E-state index contributed by atoms with van der Waals surface area (Å²) in [5.41, 5.74) is 0.681. The molecule has 23 heavy (non-hydrogen) atoms. The fourth-order valence-electron chi connectivity index (χ4n) is 2.48. The number of nitrogens with one attached hydrogen (secondary N) is 1. The van der Waals surface area contributed by atoms with Crippen LogP contribution in [0.4, 0.5) is 10.5 Å². The van der Waals surface area contributed by atoms with Gasteiger partial charge in [0.15, 0.2) is 5.75 Å². The Morgan fingerprint density at radius 1 is 0.957 bits per heavy atom. The van der Waals surface area contributed by atoms with Gasteiger partial charge in [0.1, 0.15) is 5.75 Å². The molecule has 0 saturated carbocycles. The number of hydrogen-bond acceptors (Lipinski definition) is 3. The predicted octanol–water partition coefficient (Wildman–Crippen LogP) is 3.26. The standard InChI is InChI=1S/C18H21N3O2/c1-20-11-13-21(14-12-20)18(22)19-16-9-5-6-10-17(16)23-15-7-3-2-4-8-15/h2-10H,11-14H2,1H3,(H,19,22). The van der Waals surface area contributed by atoms with Gasteiger partial charge >= 0.3 is 6.03 Å². The van der Waals surface area contributed by atoms with E-state index in [4.69, 9.17) is 4.74 Å². The highest BCUT2D eigenvalue weighted by Crippen LogP contribution is 2.29. The van der Waals surface area contributed by atoms with Crippen molar-refractivity contribution in [3.05, 3.63) is 54.6 Å². The average Bonchev–Trinajstić information content (AvgIpc) is 2.58. The minimum absolute atomic E-state index is 0.0813. The maximum Gasteiger partial charge on any atom is 0.322 e. The van der Waals surface area contributed by atoms with E-state index in [0.29, 0.717) is 11.4 Å². The Hall–Kier alpha value is -2.53. The molecule has 2 aromatic rings. The monoisotopic (exact) mass is 311 g/mol. The van der Waals surface area contributed by atoms with Gasteiger partial charge < -0.3 is 19.9 Å². The minimum Gasteiger partial charge on any atom is -0.455 e. The molecule has 120 valence electrons. The molecule has 0 aromatic heterocycles. The van der Waals surface area contributed by atoms with Gasteiger partial charge in [0.25, 0.3) is 0 Å². The first-order valence-electron chi connectivity index (χ1n) is 7.79. The van der Waals surface area contributed by atoms with Crippen LogP contribution in [0.3, 0.4) is 0 Å². The van der Waals surface area contributed by atoms with Crippen LogP contribution in [0.25, 0.3) is 0 Å². The molecule has 0 radical (unpaired) electrons. The Morgan fingerprint density at radius 2 is 1.61 bits per heavy atom. The number of amides is 2. The summed E-state index contributed by atoms with van der Waals surface area (Å²) in [6, 6.07) is 17.0. The molecule has 3 rings (SSSR count). The molecule has 1 N–H and O–H groups in total. The summed E-state index contributed by atoms with van der Waals surface area (Å²) in [5.74, 6) is 1.38. The van der Waals surface area contributed by atoms with Crippen molar-refractivity contribution < 1.29 is 9.53 Å². The molecule has 5 heteroatoms. The Balaban J connectivity index is 1.69. The van der Waals surface area contributed by atoms with E-state index in [9.17, 15) is 4.79 Å². The highest BCUT2D eigenvalue weighted by Gasteiger charge is 2.19. The lowest BCUT2D eigenvalue weighted by molar-refractivity contribution is 0.164. The molecule has 1 fully saturated rings. The van der Waals surface area contributed by atoms with Crippen LogP contribution in [0.1, 0.15) is 0 Å². The molecule has 1 aliphatic rings. The lowest BCUT2D eigenvalue weighted by atomic mass is 10.3. The maximum absolute atomic E-state index is 12.4. The van der Waals surface area contributed by atoms with Crippen molar-refractivity contribution in [2.75, 3.05) is 38.5 Å². The lowest BCUT2D eigenvalue weighted by Gasteiger charge is -2.32. The molecule has 5 nitrogen and oxygen atoms in total. The number of rotatable bonds is 3. The number of ether oxygens (including phenoxy) is 1. The molecule has 0 spiro atoms. The van der Waals surface area contributed by atoms with Crippen molar-refractivity contribution in [3.63, 3.8) is 0 Å². The number of likely N-dealkylation sites (N-methyl/N-ethyl adjacent to an activating group) is 1. The topological polar surface area (TPSA) is 44.8 Å². The van der Waals surface area contributed by atoms with Crippen molar-refractivity contribution in [2.45, 2.75) is 0 Å². The Kier molecular flexibility index (Phi) is 4.78. The van der Waals surface area contributed by atoms with Gasteiger partial charge in [0.05, 0.1) is 5.69 Å². The second kappa shape index (κ2) is 7.15. The maximum atomic E-state index is 12.4. The third-order valence-corrected chi connectivity index (χ3v) is 3.89. The number of para-hydroxylation sites is 3. The SMILES string of the molecule is CN1CCN(C(=O)Nc2ccccc2Oc2ccccc2)CC1. The Morgan fingerprint density at radius 3 is 2.35 bits per heavy atom. The summed E-state index contributed by atoms with van der Waals surface area (Å²) in [6.45, 7) is 3.28. The molecule has 2 amide bonds. The predicted molar refractivity (Wildman–Crippen MR) is 91.0 cm³/mol. The zero-order valence-electron chi connectivity index (χ0n) is 13.2. The third-order valence-electron chi connectivity index (χ3n) is 3.89. The van der Waals surface area contributed by atoms with Gasteiger partial charge in [-0.1, -0.05) is 30.3 Å². The number of piperazine rings is 1. The first kappa shape index (κ1) is 15.4. The quantitative estimate of drug-likeness (QED) is 0.946. The first-order chi connectivity index (χ1) is 11.2.